The molecule has 0 bridgehead atoms. The standard InChI is InChI=1S/C9H5BrClN3O2/c10-5-3-12-14(4-5)8-6(9(15)16)1-2-7(11)13-8/h1-4H,(H,15,16). The number of hydrogen-bond donors (Lipinski definition) is 1. The molecule has 2 aromatic rings. The molecular weight excluding hydrogens is 297 g/mol. The van der Waals surface area contributed by atoms with Gasteiger partial charge in [0.2, 0.25) is 0 Å². The summed E-state index contributed by atoms with van der Waals surface area (Å²) in [6.07, 6.45) is 3.14. The third-order valence-corrected chi connectivity index (χ3v) is 2.46. The zero-order chi connectivity index (χ0) is 11.7. The van der Waals surface area contributed by atoms with Crippen LogP contribution in [0.25, 0.3) is 5.82 Å². The van der Waals surface area contributed by atoms with E-state index < -0.39 is 5.97 Å². The molecule has 0 aliphatic rings. The van der Waals surface area contributed by atoms with Crippen molar-refractivity contribution in [2.45, 2.75) is 0 Å². The second-order valence-corrected chi connectivity index (χ2v) is 4.22. The quantitative estimate of drug-likeness (QED) is 0.865. The fourth-order valence-corrected chi connectivity index (χ4v) is 1.61. The minimum Gasteiger partial charge on any atom is -0.478 e. The maximum atomic E-state index is 11.0. The largest absolute Gasteiger partial charge is 0.478 e. The smallest absolute Gasteiger partial charge is 0.339 e. The number of carbonyl (C=O) groups is 1. The Morgan fingerprint density at radius 2 is 2.25 bits per heavy atom. The van der Waals surface area contributed by atoms with Crippen LogP contribution in [0.3, 0.4) is 0 Å². The molecule has 1 N–H and O–H groups in total. The minimum absolute atomic E-state index is 0.0417. The maximum absolute atomic E-state index is 11.0. The summed E-state index contributed by atoms with van der Waals surface area (Å²) < 4.78 is 2.07. The van der Waals surface area contributed by atoms with Gasteiger partial charge in [-0.05, 0) is 28.1 Å². The predicted octanol–water partition coefficient (Wildman–Crippen LogP) is 2.38. The van der Waals surface area contributed by atoms with E-state index >= 15 is 0 Å². The van der Waals surface area contributed by atoms with Gasteiger partial charge in [-0.3, -0.25) is 0 Å². The second-order valence-electron chi connectivity index (χ2n) is 2.91. The predicted molar refractivity (Wildman–Crippen MR) is 61.0 cm³/mol. The van der Waals surface area contributed by atoms with Crippen LogP contribution < -0.4 is 0 Å². The maximum Gasteiger partial charge on any atom is 0.339 e. The number of carboxylic acid groups (broad SMARTS) is 1. The van der Waals surface area contributed by atoms with Crippen molar-refractivity contribution in [3.63, 3.8) is 0 Å². The Balaban J connectivity index is 2.62. The summed E-state index contributed by atoms with van der Waals surface area (Å²) in [4.78, 5) is 14.9. The fraction of sp³-hybridized carbons (Fsp3) is 0. The number of aromatic nitrogens is 3. The molecule has 2 rings (SSSR count). The number of rotatable bonds is 2. The van der Waals surface area contributed by atoms with E-state index in [0.717, 1.165) is 4.47 Å². The number of carboxylic acids is 1. The second kappa shape index (κ2) is 4.23. The van der Waals surface area contributed by atoms with Crippen LogP contribution >= 0.6 is 27.5 Å². The van der Waals surface area contributed by atoms with Crippen LogP contribution in [0.1, 0.15) is 10.4 Å². The summed E-state index contributed by atoms with van der Waals surface area (Å²) in [5.41, 5.74) is 0.0417. The van der Waals surface area contributed by atoms with Crippen molar-refractivity contribution in [3.05, 3.63) is 39.7 Å². The Labute approximate surface area is 104 Å². The number of pyridine rings is 1. The first-order chi connectivity index (χ1) is 7.58. The molecule has 0 aromatic carbocycles. The van der Waals surface area contributed by atoms with Gasteiger partial charge in [-0.25, -0.2) is 14.5 Å². The first-order valence-electron chi connectivity index (χ1n) is 4.18. The minimum atomic E-state index is -1.08. The van der Waals surface area contributed by atoms with Gasteiger partial charge in [-0.2, -0.15) is 5.10 Å². The van der Waals surface area contributed by atoms with E-state index in [0.29, 0.717) is 0 Å². The van der Waals surface area contributed by atoms with Crippen LogP contribution in [0.2, 0.25) is 5.15 Å². The summed E-state index contributed by atoms with van der Waals surface area (Å²) in [6.45, 7) is 0. The van der Waals surface area contributed by atoms with Crippen LogP contribution in [-0.2, 0) is 0 Å². The lowest BCUT2D eigenvalue weighted by atomic mass is 10.2. The van der Waals surface area contributed by atoms with Gasteiger partial charge in [-0.1, -0.05) is 11.6 Å². The van der Waals surface area contributed by atoms with E-state index in [4.69, 9.17) is 16.7 Å². The Morgan fingerprint density at radius 1 is 1.50 bits per heavy atom. The molecule has 2 heterocycles. The lowest BCUT2D eigenvalue weighted by molar-refractivity contribution is 0.0696. The van der Waals surface area contributed by atoms with Crippen LogP contribution in [0.5, 0.6) is 0 Å². The number of hydrogen-bond acceptors (Lipinski definition) is 3. The van der Waals surface area contributed by atoms with Crippen molar-refractivity contribution in [3.8, 4) is 5.82 Å². The van der Waals surface area contributed by atoms with Gasteiger partial charge in [0.05, 0.1) is 10.7 Å². The van der Waals surface area contributed by atoms with Gasteiger partial charge < -0.3 is 5.11 Å². The van der Waals surface area contributed by atoms with Crippen molar-refractivity contribution >= 4 is 33.5 Å². The third kappa shape index (κ3) is 2.07. The molecule has 0 unspecified atom stereocenters. The molecule has 0 saturated heterocycles. The molecule has 5 nitrogen and oxygen atoms in total. The number of aromatic carboxylic acids is 1. The van der Waals surface area contributed by atoms with E-state index in [1.807, 2.05) is 0 Å². The van der Waals surface area contributed by atoms with Gasteiger partial charge in [0, 0.05) is 6.20 Å². The molecule has 0 spiro atoms. The average Bonchev–Trinajstić information content (AvgIpc) is 2.64. The summed E-state index contributed by atoms with van der Waals surface area (Å²) in [5.74, 6) is -0.892. The molecule has 0 fully saturated rings. The SMILES string of the molecule is O=C(O)c1ccc(Cl)nc1-n1cc(Br)cn1. The zero-order valence-electron chi connectivity index (χ0n) is 7.76. The molecule has 0 radical (unpaired) electrons. The average molecular weight is 303 g/mol. The molecule has 0 atom stereocenters. The summed E-state index contributed by atoms with van der Waals surface area (Å²) in [5, 5.41) is 13.2. The fourth-order valence-electron chi connectivity index (χ4n) is 1.18. The van der Waals surface area contributed by atoms with Crippen molar-refractivity contribution in [2.75, 3.05) is 0 Å². The highest BCUT2D eigenvalue weighted by Gasteiger charge is 2.14. The lowest BCUT2D eigenvalue weighted by Gasteiger charge is -2.04. The van der Waals surface area contributed by atoms with Gasteiger partial charge in [0.25, 0.3) is 0 Å². The molecule has 16 heavy (non-hydrogen) atoms. The highest BCUT2D eigenvalue weighted by Crippen LogP contribution is 2.17. The van der Waals surface area contributed by atoms with Gasteiger partial charge in [-0.15, -0.1) is 0 Å². The van der Waals surface area contributed by atoms with E-state index in [2.05, 4.69) is 26.0 Å². The van der Waals surface area contributed by atoms with Crippen molar-refractivity contribution in [1.29, 1.82) is 0 Å². The Hall–Kier alpha value is -1.40. The van der Waals surface area contributed by atoms with Crippen LogP contribution in [0.15, 0.2) is 29.0 Å². The lowest BCUT2D eigenvalue weighted by Crippen LogP contribution is -2.08. The Kier molecular flexibility index (Phi) is 2.93. The zero-order valence-corrected chi connectivity index (χ0v) is 10.1. The Morgan fingerprint density at radius 3 is 2.81 bits per heavy atom. The first-order valence-corrected chi connectivity index (χ1v) is 5.35. The Bertz CT molecular complexity index is 555. The normalized spacial score (nSPS) is 10.4. The molecule has 82 valence electrons. The topological polar surface area (TPSA) is 68.0 Å². The van der Waals surface area contributed by atoms with Crippen LogP contribution in [0, 0.1) is 0 Å². The molecule has 0 saturated carbocycles. The molecule has 7 heteroatoms. The molecule has 2 aromatic heterocycles. The number of halogens is 2. The summed E-state index contributed by atoms with van der Waals surface area (Å²) in [7, 11) is 0. The van der Waals surface area contributed by atoms with Crippen LogP contribution in [-0.4, -0.2) is 25.8 Å². The van der Waals surface area contributed by atoms with Gasteiger partial charge in [0.15, 0.2) is 5.82 Å². The van der Waals surface area contributed by atoms with E-state index in [1.54, 1.807) is 6.20 Å². The molecule has 0 aliphatic heterocycles. The third-order valence-electron chi connectivity index (χ3n) is 1.84. The first kappa shape index (κ1) is 11.1. The van der Waals surface area contributed by atoms with Crippen molar-refractivity contribution < 1.29 is 9.90 Å². The van der Waals surface area contributed by atoms with E-state index in [1.165, 1.54) is 23.0 Å². The van der Waals surface area contributed by atoms with Crippen LogP contribution in [0.4, 0.5) is 0 Å². The van der Waals surface area contributed by atoms with Crippen molar-refractivity contribution in [1.82, 2.24) is 14.8 Å². The van der Waals surface area contributed by atoms with Crippen molar-refractivity contribution in [2.24, 2.45) is 0 Å². The van der Waals surface area contributed by atoms with Gasteiger partial charge >= 0.3 is 5.97 Å². The summed E-state index contributed by atoms with van der Waals surface area (Å²) in [6, 6.07) is 2.82. The van der Waals surface area contributed by atoms with E-state index in [-0.39, 0.29) is 16.5 Å². The molecular formula is C9H5BrClN3O2. The monoisotopic (exact) mass is 301 g/mol. The number of nitrogens with zero attached hydrogens (tertiary/aromatic N) is 3. The highest BCUT2D eigenvalue weighted by atomic mass is 79.9. The summed E-state index contributed by atoms with van der Waals surface area (Å²) >= 11 is 8.94. The van der Waals surface area contributed by atoms with E-state index in [9.17, 15) is 4.79 Å². The highest BCUT2D eigenvalue weighted by molar-refractivity contribution is 9.10. The molecule has 0 amide bonds. The molecule has 0 aliphatic carbocycles. The van der Waals surface area contributed by atoms with Gasteiger partial charge in [0.1, 0.15) is 10.7 Å².